The zero-order valence-corrected chi connectivity index (χ0v) is 19.2. The van der Waals surface area contributed by atoms with Crippen LogP contribution in [0.25, 0.3) is 0 Å². The third kappa shape index (κ3) is 18.0. The van der Waals surface area contributed by atoms with Crippen molar-refractivity contribution in [3.05, 3.63) is 0 Å². The van der Waals surface area contributed by atoms with Crippen molar-refractivity contribution in [3.8, 4) is 0 Å². The summed E-state index contributed by atoms with van der Waals surface area (Å²) in [4.78, 5) is 44.2. The van der Waals surface area contributed by atoms with Crippen LogP contribution in [0.3, 0.4) is 0 Å². The van der Waals surface area contributed by atoms with Gasteiger partial charge in [-0.15, -0.1) is 0 Å². The summed E-state index contributed by atoms with van der Waals surface area (Å²) in [5.74, 6) is -0.985. The van der Waals surface area contributed by atoms with Crippen LogP contribution in [-0.4, -0.2) is 59.1 Å². The maximum Gasteiger partial charge on any atom is 0.408 e. The summed E-state index contributed by atoms with van der Waals surface area (Å²) in [6.07, 6.45) is 0.929. The van der Waals surface area contributed by atoms with Crippen molar-refractivity contribution in [2.45, 2.75) is 98.9 Å². The average Bonchev–Trinajstić information content (AvgIpc) is 3.33. The van der Waals surface area contributed by atoms with E-state index in [0.29, 0.717) is 12.5 Å². The minimum absolute atomic E-state index is 0. The Morgan fingerprint density at radius 1 is 0.871 bits per heavy atom. The number of hydrogen-bond acceptors (Lipinski definition) is 7. The SMILES string of the molecule is C.C[C@H](NC(=O)OC(C)(C)C)C(=O)O.C[C@H](NC(=O)OC(C)(C)C)C(=O)OCC1CC1. The molecule has 1 aliphatic rings. The lowest BCUT2D eigenvalue weighted by Crippen LogP contribution is -2.42. The number of carbonyl (C=O) groups excluding carboxylic acids is 3. The van der Waals surface area contributed by atoms with Gasteiger partial charge in [-0.25, -0.2) is 14.4 Å². The van der Waals surface area contributed by atoms with E-state index in [1.807, 2.05) is 0 Å². The first-order chi connectivity index (χ1) is 13.5. The summed E-state index contributed by atoms with van der Waals surface area (Å²) in [6.45, 7) is 13.8. The van der Waals surface area contributed by atoms with Gasteiger partial charge in [0.15, 0.2) is 0 Å². The van der Waals surface area contributed by atoms with Gasteiger partial charge in [0.2, 0.25) is 0 Å². The van der Waals surface area contributed by atoms with Gasteiger partial charge in [0.1, 0.15) is 23.3 Å². The van der Waals surface area contributed by atoms with Crippen LogP contribution in [0.2, 0.25) is 0 Å². The molecule has 0 radical (unpaired) electrons. The lowest BCUT2D eigenvalue weighted by atomic mass is 10.2. The second-order valence-corrected chi connectivity index (χ2v) is 9.15. The third-order valence-electron chi connectivity index (χ3n) is 3.35. The minimum atomic E-state index is -1.09. The van der Waals surface area contributed by atoms with Gasteiger partial charge in [-0.05, 0) is 74.1 Å². The first-order valence-electron chi connectivity index (χ1n) is 9.88. The maximum atomic E-state index is 11.5. The molecule has 0 aliphatic heterocycles. The Morgan fingerprint density at radius 2 is 1.26 bits per heavy atom. The standard InChI is InChI=1S/C12H21NO4.C8H15NO4.CH4/c1-8(10(14)16-7-9-5-6-9)13-11(15)17-12(2,3)4;1-5(6(10)11)9-7(12)13-8(2,3)4;/h8-9H,5-7H2,1-4H3,(H,13,15);5H,1-4H3,(H,9,12)(H,10,11);1H4/t8-;5-;/m00./s1. The van der Waals surface area contributed by atoms with Crippen LogP contribution in [0.4, 0.5) is 9.59 Å². The lowest BCUT2D eigenvalue weighted by Gasteiger charge is -2.21. The number of ether oxygens (including phenoxy) is 3. The van der Waals surface area contributed by atoms with Gasteiger partial charge in [0, 0.05) is 0 Å². The first kappa shape index (κ1) is 30.7. The fraction of sp³-hybridized carbons (Fsp3) is 0.810. The van der Waals surface area contributed by atoms with Crippen molar-refractivity contribution in [1.29, 1.82) is 0 Å². The van der Waals surface area contributed by atoms with E-state index < -0.39 is 47.4 Å². The third-order valence-corrected chi connectivity index (χ3v) is 3.35. The molecule has 1 fully saturated rings. The highest BCUT2D eigenvalue weighted by atomic mass is 16.6. The highest BCUT2D eigenvalue weighted by Gasteiger charge is 2.26. The normalized spacial score (nSPS) is 15.0. The van der Waals surface area contributed by atoms with Crippen molar-refractivity contribution in [1.82, 2.24) is 10.6 Å². The fourth-order valence-corrected chi connectivity index (χ4v) is 1.70. The van der Waals surface area contributed by atoms with E-state index in [1.54, 1.807) is 48.5 Å². The summed E-state index contributed by atoms with van der Waals surface area (Å²) >= 11 is 0. The molecule has 10 nitrogen and oxygen atoms in total. The van der Waals surface area contributed by atoms with Crippen LogP contribution >= 0.6 is 0 Å². The predicted octanol–water partition coefficient (Wildman–Crippen LogP) is 3.47. The highest BCUT2D eigenvalue weighted by molar-refractivity contribution is 5.81. The van der Waals surface area contributed by atoms with Crippen LogP contribution in [-0.2, 0) is 23.8 Å². The number of alkyl carbamates (subject to hydrolysis) is 2. The molecule has 31 heavy (non-hydrogen) atoms. The summed E-state index contributed by atoms with van der Waals surface area (Å²) in [5.41, 5.74) is -1.18. The number of carbonyl (C=O) groups is 4. The molecule has 3 N–H and O–H groups in total. The molecule has 0 unspecified atom stereocenters. The molecule has 0 bridgehead atoms. The van der Waals surface area contributed by atoms with Gasteiger partial charge in [-0.3, -0.25) is 4.79 Å². The number of carboxylic acid groups (broad SMARTS) is 1. The van der Waals surface area contributed by atoms with E-state index in [1.165, 1.54) is 6.92 Å². The molecule has 0 spiro atoms. The summed E-state index contributed by atoms with van der Waals surface area (Å²) in [5, 5.41) is 13.1. The van der Waals surface area contributed by atoms with E-state index in [0.717, 1.165) is 12.8 Å². The highest BCUT2D eigenvalue weighted by Crippen LogP contribution is 2.28. The molecular formula is C21H40N2O8. The summed E-state index contributed by atoms with van der Waals surface area (Å²) in [6, 6.07) is -1.61. The van der Waals surface area contributed by atoms with E-state index in [2.05, 4.69) is 10.6 Å². The van der Waals surface area contributed by atoms with Gasteiger partial charge in [-0.1, -0.05) is 7.43 Å². The molecule has 1 saturated carbocycles. The van der Waals surface area contributed by atoms with Crippen molar-refractivity contribution >= 4 is 24.1 Å². The summed E-state index contributed by atoms with van der Waals surface area (Å²) in [7, 11) is 0. The fourth-order valence-electron chi connectivity index (χ4n) is 1.70. The molecule has 182 valence electrons. The number of hydrogen-bond donors (Lipinski definition) is 3. The smallest absolute Gasteiger partial charge is 0.408 e. The van der Waals surface area contributed by atoms with E-state index >= 15 is 0 Å². The van der Waals surface area contributed by atoms with Crippen molar-refractivity contribution in [2.24, 2.45) is 5.92 Å². The molecule has 0 aromatic heterocycles. The largest absolute Gasteiger partial charge is 0.480 e. The average molecular weight is 449 g/mol. The van der Waals surface area contributed by atoms with Crippen LogP contribution in [0.1, 0.15) is 75.7 Å². The van der Waals surface area contributed by atoms with Crippen LogP contribution in [0.15, 0.2) is 0 Å². The Kier molecular flexibility index (Phi) is 12.9. The van der Waals surface area contributed by atoms with Crippen molar-refractivity contribution < 1.29 is 38.5 Å². The number of aliphatic carboxylic acids is 1. The Balaban J connectivity index is 0. The molecule has 0 aromatic rings. The second-order valence-electron chi connectivity index (χ2n) is 9.15. The van der Waals surface area contributed by atoms with Crippen molar-refractivity contribution in [2.75, 3.05) is 6.61 Å². The number of nitrogens with one attached hydrogen (secondary N) is 2. The Hall–Kier alpha value is -2.52. The van der Waals surface area contributed by atoms with E-state index in [4.69, 9.17) is 19.3 Å². The minimum Gasteiger partial charge on any atom is -0.480 e. The van der Waals surface area contributed by atoms with Crippen molar-refractivity contribution in [3.63, 3.8) is 0 Å². The molecule has 0 heterocycles. The maximum absolute atomic E-state index is 11.5. The molecular weight excluding hydrogens is 408 g/mol. The molecule has 2 amide bonds. The van der Waals surface area contributed by atoms with Gasteiger partial charge in [-0.2, -0.15) is 0 Å². The monoisotopic (exact) mass is 448 g/mol. The van der Waals surface area contributed by atoms with Gasteiger partial charge >= 0.3 is 24.1 Å². The topological polar surface area (TPSA) is 140 Å². The Bertz CT molecular complexity index is 603. The number of esters is 1. The molecule has 2 atom stereocenters. The predicted molar refractivity (Wildman–Crippen MR) is 116 cm³/mol. The number of amides is 2. The molecule has 0 saturated heterocycles. The zero-order chi connectivity index (χ0) is 23.7. The Morgan fingerprint density at radius 3 is 1.58 bits per heavy atom. The number of carboxylic acids is 1. The quantitative estimate of drug-likeness (QED) is 0.414. The first-order valence-corrected chi connectivity index (χ1v) is 9.88. The molecule has 1 rings (SSSR count). The zero-order valence-electron chi connectivity index (χ0n) is 19.2. The van der Waals surface area contributed by atoms with Crippen LogP contribution < -0.4 is 10.6 Å². The molecule has 1 aliphatic carbocycles. The number of rotatable bonds is 6. The second kappa shape index (κ2) is 13.0. The van der Waals surface area contributed by atoms with Gasteiger partial charge < -0.3 is 30.0 Å². The van der Waals surface area contributed by atoms with Gasteiger partial charge in [0.05, 0.1) is 6.61 Å². The van der Waals surface area contributed by atoms with E-state index in [-0.39, 0.29) is 7.43 Å². The van der Waals surface area contributed by atoms with E-state index in [9.17, 15) is 19.2 Å². The van der Waals surface area contributed by atoms with Crippen LogP contribution in [0.5, 0.6) is 0 Å². The molecule has 10 heteroatoms. The lowest BCUT2D eigenvalue weighted by molar-refractivity contribution is -0.146. The summed E-state index contributed by atoms with van der Waals surface area (Å²) < 4.78 is 14.9. The van der Waals surface area contributed by atoms with Crippen LogP contribution in [0, 0.1) is 5.92 Å². The Labute approximate surface area is 185 Å². The molecule has 0 aromatic carbocycles. The van der Waals surface area contributed by atoms with Gasteiger partial charge in [0.25, 0.3) is 0 Å².